The second kappa shape index (κ2) is 4.92. The average molecular weight is 294 g/mol. The summed E-state index contributed by atoms with van der Waals surface area (Å²) in [4.78, 5) is 11.8. The third-order valence-electron chi connectivity index (χ3n) is 2.02. The first-order valence-electron chi connectivity index (χ1n) is 4.74. The molecule has 0 aliphatic heterocycles. The molecule has 86 valence electrons. The lowest BCUT2D eigenvalue weighted by Gasteiger charge is -2.05. The van der Waals surface area contributed by atoms with Crippen molar-refractivity contribution in [3.63, 3.8) is 0 Å². The van der Waals surface area contributed by atoms with Crippen LogP contribution in [-0.4, -0.2) is 21.2 Å². The maximum absolute atomic E-state index is 11.8. The van der Waals surface area contributed by atoms with Crippen molar-refractivity contribution in [3.8, 4) is 5.75 Å². The molecule has 0 saturated carbocycles. The quantitative estimate of drug-likeness (QED) is 0.890. The number of phenols is 1. The van der Waals surface area contributed by atoms with Gasteiger partial charge in [0, 0.05) is 10.7 Å². The summed E-state index contributed by atoms with van der Waals surface area (Å²) in [5, 5.41) is 19.5. The Morgan fingerprint density at radius 3 is 2.88 bits per heavy atom. The molecule has 0 aliphatic rings. The van der Waals surface area contributed by atoms with E-state index in [1.807, 2.05) is 0 Å². The number of carbonyl (C=O) groups excluding carboxylic acids is 1. The fourth-order valence-electron chi connectivity index (χ4n) is 1.24. The Kier molecular flexibility index (Phi) is 3.34. The lowest BCUT2D eigenvalue weighted by Crippen LogP contribution is -2.13. The van der Waals surface area contributed by atoms with E-state index >= 15 is 0 Å². The van der Waals surface area contributed by atoms with Gasteiger partial charge in [-0.2, -0.15) is 5.10 Å². The smallest absolute Gasteiger partial charge is 0.260 e. The van der Waals surface area contributed by atoms with Crippen LogP contribution in [0.25, 0.3) is 0 Å². The Labute approximate surface area is 106 Å². The zero-order valence-electron chi connectivity index (χ0n) is 8.59. The Hall–Kier alpha value is -1.95. The standard InChI is InChI=1S/C11H8BrN3O2/c12-7-3-4-9(16)8(6-7)11(17)14-10-2-1-5-13-15-10/h1-6,16H,(H,14,15,17). The number of amides is 1. The van der Waals surface area contributed by atoms with Crippen LogP contribution >= 0.6 is 15.9 Å². The molecule has 0 radical (unpaired) electrons. The van der Waals surface area contributed by atoms with Crippen LogP contribution < -0.4 is 5.32 Å². The number of nitrogens with zero attached hydrogens (tertiary/aromatic N) is 2. The van der Waals surface area contributed by atoms with Gasteiger partial charge in [-0.1, -0.05) is 15.9 Å². The Morgan fingerprint density at radius 2 is 2.18 bits per heavy atom. The minimum absolute atomic E-state index is 0.0883. The number of hydrogen-bond donors (Lipinski definition) is 2. The second-order valence-corrected chi connectivity index (χ2v) is 4.14. The summed E-state index contributed by atoms with van der Waals surface area (Å²) >= 11 is 3.23. The third-order valence-corrected chi connectivity index (χ3v) is 2.51. The molecule has 1 aromatic carbocycles. The van der Waals surface area contributed by atoms with E-state index < -0.39 is 5.91 Å². The van der Waals surface area contributed by atoms with Crippen LogP contribution in [0.1, 0.15) is 10.4 Å². The van der Waals surface area contributed by atoms with Gasteiger partial charge in [0.15, 0.2) is 5.82 Å². The molecule has 0 spiro atoms. The van der Waals surface area contributed by atoms with Crippen LogP contribution in [0.5, 0.6) is 5.75 Å². The summed E-state index contributed by atoms with van der Waals surface area (Å²) in [7, 11) is 0. The number of rotatable bonds is 2. The minimum atomic E-state index is -0.440. The monoisotopic (exact) mass is 293 g/mol. The third kappa shape index (κ3) is 2.79. The van der Waals surface area contributed by atoms with Gasteiger partial charge in [0.05, 0.1) is 5.56 Å². The van der Waals surface area contributed by atoms with Gasteiger partial charge >= 0.3 is 0 Å². The minimum Gasteiger partial charge on any atom is -0.507 e. The summed E-state index contributed by atoms with van der Waals surface area (Å²) in [5.41, 5.74) is 0.171. The van der Waals surface area contributed by atoms with E-state index in [2.05, 4.69) is 31.4 Å². The van der Waals surface area contributed by atoms with Crippen LogP contribution in [0.2, 0.25) is 0 Å². The van der Waals surface area contributed by atoms with E-state index in [4.69, 9.17) is 0 Å². The van der Waals surface area contributed by atoms with E-state index in [1.165, 1.54) is 18.3 Å². The first-order valence-corrected chi connectivity index (χ1v) is 5.53. The van der Waals surface area contributed by atoms with Gasteiger partial charge < -0.3 is 10.4 Å². The van der Waals surface area contributed by atoms with Crippen molar-refractivity contribution in [2.24, 2.45) is 0 Å². The highest BCUT2D eigenvalue weighted by atomic mass is 79.9. The Balaban J connectivity index is 2.23. The summed E-state index contributed by atoms with van der Waals surface area (Å²) in [6.07, 6.45) is 1.51. The molecule has 2 aromatic rings. The lowest BCUT2D eigenvalue weighted by atomic mass is 10.2. The summed E-state index contributed by atoms with van der Waals surface area (Å²) in [5.74, 6) is -0.198. The van der Waals surface area contributed by atoms with Gasteiger partial charge in [-0.05, 0) is 30.3 Å². The molecule has 0 atom stereocenters. The fraction of sp³-hybridized carbons (Fsp3) is 0. The number of carbonyl (C=O) groups is 1. The first kappa shape index (κ1) is 11.5. The van der Waals surface area contributed by atoms with Gasteiger partial charge in [-0.15, -0.1) is 5.10 Å². The van der Waals surface area contributed by atoms with Crippen LogP contribution in [0.4, 0.5) is 5.82 Å². The van der Waals surface area contributed by atoms with Gasteiger partial charge in [0.1, 0.15) is 5.75 Å². The second-order valence-electron chi connectivity index (χ2n) is 3.22. The molecule has 2 rings (SSSR count). The molecule has 0 aliphatic carbocycles. The van der Waals surface area contributed by atoms with Crippen molar-refractivity contribution >= 4 is 27.7 Å². The van der Waals surface area contributed by atoms with E-state index in [0.29, 0.717) is 10.3 Å². The molecule has 5 nitrogen and oxygen atoms in total. The van der Waals surface area contributed by atoms with Crippen molar-refractivity contribution in [1.82, 2.24) is 10.2 Å². The molecule has 0 bridgehead atoms. The van der Waals surface area contributed by atoms with Crippen molar-refractivity contribution in [1.29, 1.82) is 0 Å². The number of nitrogens with one attached hydrogen (secondary N) is 1. The van der Waals surface area contributed by atoms with Crippen molar-refractivity contribution in [2.75, 3.05) is 5.32 Å². The molecular weight excluding hydrogens is 286 g/mol. The predicted molar refractivity (Wildman–Crippen MR) is 65.8 cm³/mol. The van der Waals surface area contributed by atoms with Gasteiger partial charge in [-0.25, -0.2) is 0 Å². The molecule has 1 heterocycles. The number of anilines is 1. The van der Waals surface area contributed by atoms with Gasteiger partial charge in [0.2, 0.25) is 0 Å². The summed E-state index contributed by atoms with van der Waals surface area (Å²) in [6, 6.07) is 7.88. The number of halogens is 1. The van der Waals surface area contributed by atoms with Gasteiger partial charge in [-0.3, -0.25) is 4.79 Å². The van der Waals surface area contributed by atoms with Crippen LogP contribution in [0.15, 0.2) is 41.0 Å². The summed E-state index contributed by atoms with van der Waals surface area (Å²) < 4.78 is 0.708. The SMILES string of the molecule is O=C(Nc1cccnn1)c1cc(Br)ccc1O. The van der Waals surface area contributed by atoms with Crippen LogP contribution in [0.3, 0.4) is 0 Å². The topological polar surface area (TPSA) is 75.1 Å². The van der Waals surface area contributed by atoms with E-state index in [9.17, 15) is 9.90 Å². The molecule has 2 N–H and O–H groups in total. The molecule has 0 unspecified atom stereocenters. The highest BCUT2D eigenvalue weighted by Gasteiger charge is 2.12. The normalized spacial score (nSPS) is 9.94. The molecule has 6 heteroatoms. The Bertz CT molecular complexity index is 546. The lowest BCUT2D eigenvalue weighted by molar-refractivity contribution is 0.102. The predicted octanol–water partition coefficient (Wildman–Crippen LogP) is 2.20. The maximum atomic E-state index is 11.8. The first-order chi connectivity index (χ1) is 8.16. The largest absolute Gasteiger partial charge is 0.507 e. The van der Waals surface area contributed by atoms with Crippen molar-refractivity contribution < 1.29 is 9.90 Å². The fourth-order valence-corrected chi connectivity index (χ4v) is 1.60. The number of phenolic OH excluding ortho intramolecular Hbond substituents is 1. The van der Waals surface area contributed by atoms with Crippen molar-refractivity contribution in [2.45, 2.75) is 0 Å². The molecule has 0 fully saturated rings. The molecule has 1 aromatic heterocycles. The van der Waals surface area contributed by atoms with Crippen LogP contribution in [0, 0.1) is 0 Å². The van der Waals surface area contributed by atoms with Crippen molar-refractivity contribution in [3.05, 3.63) is 46.6 Å². The molecule has 0 saturated heterocycles. The van der Waals surface area contributed by atoms with E-state index in [1.54, 1.807) is 18.2 Å². The number of hydrogen-bond acceptors (Lipinski definition) is 4. The maximum Gasteiger partial charge on any atom is 0.260 e. The molecular formula is C11H8BrN3O2. The zero-order valence-corrected chi connectivity index (χ0v) is 10.2. The number of aromatic hydroxyl groups is 1. The Morgan fingerprint density at radius 1 is 1.35 bits per heavy atom. The number of aromatic nitrogens is 2. The van der Waals surface area contributed by atoms with Crippen LogP contribution in [-0.2, 0) is 0 Å². The molecule has 17 heavy (non-hydrogen) atoms. The zero-order chi connectivity index (χ0) is 12.3. The van der Waals surface area contributed by atoms with E-state index in [-0.39, 0.29) is 11.3 Å². The van der Waals surface area contributed by atoms with E-state index in [0.717, 1.165) is 0 Å². The number of benzene rings is 1. The molecule has 1 amide bonds. The van der Waals surface area contributed by atoms with Gasteiger partial charge in [0.25, 0.3) is 5.91 Å². The highest BCUT2D eigenvalue weighted by Crippen LogP contribution is 2.22. The average Bonchev–Trinajstić information content (AvgIpc) is 2.33. The highest BCUT2D eigenvalue weighted by molar-refractivity contribution is 9.10. The summed E-state index contributed by atoms with van der Waals surface area (Å²) in [6.45, 7) is 0.